The number of hydrazone groups is 1. The van der Waals surface area contributed by atoms with Gasteiger partial charge in [-0.15, -0.1) is 0 Å². The smallest absolute Gasteiger partial charge is 0.332 e. The lowest BCUT2D eigenvalue weighted by Crippen LogP contribution is -2.24. The first kappa shape index (κ1) is 13.2. The lowest BCUT2D eigenvalue weighted by atomic mass is 10.1. The second-order valence-corrected chi connectivity index (χ2v) is 3.69. The number of urea groups is 1. The van der Waals surface area contributed by atoms with Gasteiger partial charge in [-0.05, 0) is 6.07 Å². The molecule has 0 aliphatic rings. The van der Waals surface area contributed by atoms with E-state index in [-0.39, 0.29) is 22.2 Å². The molecule has 3 N–H and O–H groups in total. The zero-order valence-corrected chi connectivity index (χ0v) is 9.90. The number of benzene rings is 1. The summed E-state index contributed by atoms with van der Waals surface area (Å²) in [6, 6.07) is 2.78. The van der Waals surface area contributed by atoms with Crippen molar-refractivity contribution in [2.75, 3.05) is 0 Å². The number of nitrogens with two attached hydrogens (primary N) is 1. The van der Waals surface area contributed by atoms with Gasteiger partial charge in [-0.1, -0.05) is 0 Å². The van der Waals surface area contributed by atoms with Gasteiger partial charge in [0.05, 0.1) is 22.1 Å². The third-order valence-electron chi connectivity index (χ3n) is 2.37. The molecule has 0 saturated carbocycles. The minimum Gasteiger partial charge on any atom is -0.463 e. The van der Waals surface area contributed by atoms with Crippen LogP contribution in [0, 0.1) is 10.1 Å². The maximum Gasteiger partial charge on any atom is 0.332 e. The highest BCUT2D eigenvalue weighted by atomic mass is 16.6. The summed E-state index contributed by atoms with van der Waals surface area (Å²) in [5.41, 5.74) is 6.21. The van der Waals surface area contributed by atoms with Crippen LogP contribution < -0.4 is 16.6 Å². The number of fused-ring (bicyclic) bond motifs is 1. The molecule has 0 aliphatic heterocycles. The molecule has 0 fully saturated rings. The van der Waals surface area contributed by atoms with Crippen molar-refractivity contribution < 1.29 is 14.1 Å². The van der Waals surface area contributed by atoms with Crippen LogP contribution in [-0.2, 0) is 0 Å². The van der Waals surface area contributed by atoms with Crippen molar-refractivity contribution in [3.8, 4) is 0 Å². The molecule has 1 aromatic heterocycles. The third-order valence-corrected chi connectivity index (χ3v) is 2.37. The topological polar surface area (TPSA) is 141 Å². The van der Waals surface area contributed by atoms with Crippen molar-refractivity contribution in [3.05, 3.63) is 50.4 Å². The molecule has 9 heteroatoms. The molecule has 0 aliphatic carbocycles. The molecule has 0 radical (unpaired) electrons. The number of nitro benzene ring substituents is 1. The van der Waals surface area contributed by atoms with Gasteiger partial charge in [-0.3, -0.25) is 14.9 Å². The molecule has 0 bridgehead atoms. The predicted molar refractivity (Wildman–Crippen MR) is 69.5 cm³/mol. The number of carbonyl (C=O) groups excluding carboxylic acids is 1. The van der Waals surface area contributed by atoms with Gasteiger partial charge in [-0.25, -0.2) is 10.2 Å². The van der Waals surface area contributed by atoms with Crippen LogP contribution in [0.2, 0.25) is 0 Å². The average Bonchev–Trinajstić information content (AvgIpc) is 2.40. The lowest BCUT2D eigenvalue weighted by Gasteiger charge is -1.98. The van der Waals surface area contributed by atoms with Crippen LogP contribution in [0.15, 0.2) is 38.8 Å². The van der Waals surface area contributed by atoms with Crippen molar-refractivity contribution in [1.29, 1.82) is 0 Å². The molecule has 20 heavy (non-hydrogen) atoms. The van der Waals surface area contributed by atoms with Crippen LogP contribution in [0.25, 0.3) is 11.0 Å². The van der Waals surface area contributed by atoms with Crippen molar-refractivity contribution in [2.45, 2.75) is 0 Å². The summed E-state index contributed by atoms with van der Waals surface area (Å²) in [5.74, 6) is 0. The highest BCUT2D eigenvalue weighted by Crippen LogP contribution is 2.18. The standard InChI is InChI=1S/C11H8N4O5/c12-11(17)14-13-4-6-5-20-9-2-1-7(15(18)19)3-8(9)10(6)16/h1-5H,(H3,12,14,17)/b13-4+. The van der Waals surface area contributed by atoms with E-state index in [0.717, 1.165) is 18.5 Å². The lowest BCUT2D eigenvalue weighted by molar-refractivity contribution is -0.384. The van der Waals surface area contributed by atoms with E-state index < -0.39 is 16.4 Å². The Balaban J connectivity index is 2.51. The van der Waals surface area contributed by atoms with Gasteiger partial charge in [-0.2, -0.15) is 5.10 Å². The van der Waals surface area contributed by atoms with E-state index in [0.29, 0.717) is 0 Å². The molecule has 1 aromatic carbocycles. The quantitative estimate of drug-likeness (QED) is 0.482. The van der Waals surface area contributed by atoms with E-state index in [4.69, 9.17) is 10.2 Å². The molecular formula is C11H8N4O5. The van der Waals surface area contributed by atoms with Crippen molar-refractivity contribution >= 4 is 28.9 Å². The molecular weight excluding hydrogens is 268 g/mol. The zero-order chi connectivity index (χ0) is 14.7. The summed E-state index contributed by atoms with van der Waals surface area (Å²) in [4.78, 5) is 32.5. The fourth-order valence-electron chi connectivity index (χ4n) is 1.50. The van der Waals surface area contributed by atoms with E-state index in [9.17, 15) is 19.7 Å². The van der Waals surface area contributed by atoms with Gasteiger partial charge in [0, 0.05) is 12.1 Å². The number of primary amides is 1. The van der Waals surface area contributed by atoms with Gasteiger partial charge in [0.25, 0.3) is 5.69 Å². The highest BCUT2D eigenvalue weighted by Gasteiger charge is 2.11. The first-order valence-corrected chi connectivity index (χ1v) is 5.27. The highest BCUT2D eigenvalue weighted by molar-refractivity contribution is 5.87. The van der Waals surface area contributed by atoms with Crippen LogP contribution in [0.1, 0.15) is 5.56 Å². The van der Waals surface area contributed by atoms with Gasteiger partial charge < -0.3 is 10.2 Å². The molecule has 2 aromatic rings. The van der Waals surface area contributed by atoms with Gasteiger partial charge in [0.2, 0.25) is 5.43 Å². The van der Waals surface area contributed by atoms with E-state index >= 15 is 0 Å². The Bertz CT molecular complexity index is 780. The van der Waals surface area contributed by atoms with E-state index in [1.807, 2.05) is 5.43 Å². The molecule has 102 valence electrons. The number of hydrogen-bond donors (Lipinski definition) is 2. The Hall–Kier alpha value is -3.23. The fraction of sp³-hybridized carbons (Fsp3) is 0. The molecule has 0 unspecified atom stereocenters. The summed E-state index contributed by atoms with van der Waals surface area (Å²) in [6.45, 7) is 0. The average molecular weight is 276 g/mol. The Morgan fingerprint density at radius 2 is 2.25 bits per heavy atom. The van der Waals surface area contributed by atoms with Gasteiger partial charge in [0.1, 0.15) is 11.8 Å². The molecule has 2 rings (SSSR count). The number of nitrogens with zero attached hydrogens (tertiary/aromatic N) is 2. The normalized spacial score (nSPS) is 10.8. The monoisotopic (exact) mass is 276 g/mol. The first-order valence-electron chi connectivity index (χ1n) is 5.27. The minimum absolute atomic E-state index is 0.0201. The predicted octanol–water partition coefficient (Wildman–Crippen LogP) is 0.703. The number of carbonyl (C=O) groups is 1. The largest absolute Gasteiger partial charge is 0.463 e. The maximum atomic E-state index is 12.1. The molecule has 0 saturated heterocycles. The van der Waals surface area contributed by atoms with Crippen molar-refractivity contribution in [2.24, 2.45) is 10.8 Å². The molecule has 9 nitrogen and oxygen atoms in total. The number of nitro groups is 1. The summed E-state index contributed by atoms with van der Waals surface area (Å²) in [7, 11) is 0. The minimum atomic E-state index is -0.887. The summed E-state index contributed by atoms with van der Waals surface area (Å²) < 4.78 is 5.16. The number of nitrogens with one attached hydrogen (secondary N) is 1. The number of non-ortho nitro benzene ring substituents is 1. The first-order chi connectivity index (χ1) is 9.49. The fourth-order valence-corrected chi connectivity index (χ4v) is 1.50. The van der Waals surface area contributed by atoms with Crippen LogP contribution in [-0.4, -0.2) is 17.2 Å². The molecule has 2 amide bonds. The summed E-state index contributed by atoms with van der Waals surface area (Å²) >= 11 is 0. The maximum absolute atomic E-state index is 12.1. The summed E-state index contributed by atoms with van der Waals surface area (Å²) in [6.07, 6.45) is 2.16. The Morgan fingerprint density at radius 3 is 2.90 bits per heavy atom. The Morgan fingerprint density at radius 1 is 1.50 bits per heavy atom. The van der Waals surface area contributed by atoms with E-state index in [1.54, 1.807) is 0 Å². The van der Waals surface area contributed by atoms with Crippen LogP contribution in [0.5, 0.6) is 0 Å². The zero-order valence-electron chi connectivity index (χ0n) is 9.90. The number of hydrogen-bond acceptors (Lipinski definition) is 6. The van der Waals surface area contributed by atoms with E-state index in [2.05, 4.69) is 5.10 Å². The second kappa shape index (κ2) is 5.18. The second-order valence-electron chi connectivity index (χ2n) is 3.69. The number of rotatable bonds is 3. The molecule has 0 atom stereocenters. The van der Waals surface area contributed by atoms with Gasteiger partial charge in [0.15, 0.2) is 0 Å². The van der Waals surface area contributed by atoms with Crippen molar-refractivity contribution in [3.63, 3.8) is 0 Å². The van der Waals surface area contributed by atoms with Crippen molar-refractivity contribution in [1.82, 2.24) is 5.43 Å². The van der Waals surface area contributed by atoms with Gasteiger partial charge >= 0.3 is 6.03 Å². The third kappa shape index (κ3) is 2.61. The number of amides is 2. The SMILES string of the molecule is NC(=O)N/N=C/c1coc2ccc([N+](=O)[O-])cc2c1=O. The molecule has 1 heterocycles. The Kier molecular flexibility index (Phi) is 3.42. The van der Waals surface area contributed by atoms with Crippen LogP contribution in [0.3, 0.4) is 0 Å². The Labute approximate surface area is 110 Å². The molecule has 0 spiro atoms. The van der Waals surface area contributed by atoms with E-state index in [1.165, 1.54) is 12.1 Å². The van der Waals surface area contributed by atoms with Crippen LogP contribution in [0.4, 0.5) is 10.5 Å². The summed E-state index contributed by atoms with van der Waals surface area (Å²) in [5, 5.41) is 14.1. The van der Waals surface area contributed by atoms with Crippen LogP contribution >= 0.6 is 0 Å².